The highest BCUT2D eigenvalue weighted by molar-refractivity contribution is 6.42. The predicted molar refractivity (Wildman–Crippen MR) is 82.6 cm³/mol. The number of hydrogen-bond acceptors (Lipinski definition) is 3. The van der Waals surface area contributed by atoms with E-state index in [1.54, 1.807) is 19.1 Å². The normalized spacial score (nSPS) is 17.5. The zero-order chi connectivity index (χ0) is 15.6. The zero-order valence-electron chi connectivity index (χ0n) is 11.8. The monoisotopic (exact) mass is 329 g/mol. The minimum absolute atomic E-state index is 0.0932. The SMILES string of the molecule is CC(NC(C)c1ccc(Cl)c(Cl)c1)C(=O)N1CCNC1=O. The van der Waals surface area contributed by atoms with Gasteiger partial charge in [0, 0.05) is 19.1 Å². The molecule has 2 N–H and O–H groups in total. The number of benzene rings is 1. The lowest BCUT2D eigenvalue weighted by Gasteiger charge is -2.23. The average Bonchev–Trinajstić information content (AvgIpc) is 2.87. The molecule has 0 spiro atoms. The second kappa shape index (κ2) is 6.64. The Morgan fingerprint density at radius 1 is 1.33 bits per heavy atom. The fourth-order valence-corrected chi connectivity index (χ4v) is 2.55. The first-order valence-corrected chi connectivity index (χ1v) is 7.46. The van der Waals surface area contributed by atoms with Gasteiger partial charge in [-0.15, -0.1) is 0 Å². The van der Waals surface area contributed by atoms with Gasteiger partial charge in [-0.05, 0) is 31.5 Å². The lowest BCUT2D eigenvalue weighted by Crippen LogP contribution is -2.46. The molecule has 2 rings (SSSR count). The highest BCUT2D eigenvalue weighted by atomic mass is 35.5. The summed E-state index contributed by atoms with van der Waals surface area (Å²) in [7, 11) is 0. The average molecular weight is 330 g/mol. The highest BCUT2D eigenvalue weighted by Gasteiger charge is 2.30. The predicted octanol–water partition coefficient (Wildman–Crippen LogP) is 2.58. The van der Waals surface area contributed by atoms with E-state index in [1.807, 2.05) is 13.0 Å². The summed E-state index contributed by atoms with van der Waals surface area (Å²) in [6, 6.07) is 4.43. The minimum Gasteiger partial charge on any atom is -0.336 e. The van der Waals surface area contributed by atoms with E-state index in [9.17, 15) is 9.59 Å². The summed E-state index contributed by atoms with van der Waals surface area (Å²) in [5.41, 5.74) is 0.926. The maximum Gasteiger partial charge on any atom is 0.324 e. The van der Waals surface area contributed by atoms with E-state index >= 15 is 0 Å². The van der Waals surface area contributed by atoms with Crippen LogP contribution in [0.15, 0.2) is 18.2 Å². The summed E-state index contributed by atoms with van der Waals surface area (Å²) in [4.78, 5) is 24.9. The Labute approximate surface area is 133 Å². The van der Waals surface area contributed by atoms with E-state index in [0.717, 1.165) is 5.56 Å². The molecule has 5 nitrogen and oxygen atoms in total. The third-order valence-electron chi connectivity index (χ3n) is 3.44. The van der Waals surface area contributed by atoms with Crippen LogP contribution in [0, 0.1) is 0 Å². The maximum absolute atomic E-state index is 12.2. The molecule has 2 atom stereocenters. The van der Waals surface area contributed by atoms with Crippen LogP contribution in [0.4, 0.5) is 4.79 Å². The molecule has 1 aromatic carbocycles. The van der Waals surface area contributed by atoms with Crippen molar-refractivity contribution in [3.8, 4) is 0 Å². The molecule has 1 heterocycles. The molecule has 1 aliphatic heterocycles. The molecule has 21 heavy (non-hydrogen) atoms. The second-order valence-corrected chi connectivity index (χ2v) is 5.82. The van der Waals surface area contributed by atoms with Gasteiger partial charge in [-0.2, -0.15) is 0 Å². The topological polar surface area (TPSA) is 61.4 Å². The summed E-state index contributed by atoms with van der Waals surface area (Å²) in [6.45, 7) is 4.57. The van der Waals surface area contributed by atoms with E-state index in [4.69, 9.17) is 23.2 Å². The van der Waals surface area contributed by atoms with Crippen molar-refractivity contribution in [3.63, 3.8) is 0 Å². The Balaban J connectivity index is 2.01. The van der Waals surface area contributed by atoms with Crippen molar-refractivity contribution in [2.24, 2.45) is 0 Å². The van der Waals surface area contributed by atoms with Crippen LogP contribution >= 0.6 is 23.2 Å². The summed E-state index contributed by atoms with van der Waals surface area (Å²) in [5.74, 6) is -0.239. The van der Waals surface area contributed by atoms with Gasteiger partial charge in [0.25, 0.3) is 0 Å². The van der Waals surface area contributed by atoms with Crippen LogP contribution in [0.25, 0.3) is 0 Å². The van der Waals surface area contributed by atoms with Crippen molar-refractivity contribution < 1.29 is 9.59 Å². The summed E-state index contributed by atoms with van der Waals surface area (Å²) in [5, 5.41) is 6.74. The Kier molecular flexibility index (Phi) is 5.08. The van der Waals surface area contributed by atoms with E-state index < -0.39 is 6.04 Å². The second-order valence-electron chi connectivity index (χ2n) is 5.01. The van der Waals surface area contributed by atoms with Gasteiger partial charge in [-0.1, -0.05) is 29.3 Å². The molecule has 2 unspecified atom stereocenters. The largest absolute Gasteiger partial charge is 0.336 e. The number of nitrogens with one attached hydrogen (secondary N) is 2. The first-order valence-electron chi connectivity index (χ1n) is 6.70. The zero-order valence-corrected chi connectivity index (χ0v) is 13.3. The van der Waals surface area contributed by atoms with Crippen molar-refractivity contribution >= 4 is 35.1 Å². The number of amides is 3. The third kappa shape index (κ3) is 3.67. The molecule has 1 fully saturated rings. The fraction of sp³-hybridized carbons (Fsp3) is 0.429. The number of urea groups is 1. The van der Waals surface area contributed by atoms with Crippen molar-refractivity contribution in [3.05, 3.63) is 33.8 Å². The highest BCUT2D eigenvalue weighted by Crippen LogP contribution is 2.25. The van der Waals surface area contributed by atoms with Gasteiger partial charge in [0.2, 0.25) is 5.91 Å². The first-order chi connectivity index (χ1) is 9.90. The van der Waals surface area contributed by atoms with Gasteiger partial charge in [0.15, 0.2) is 0 Å². The standard InChI is InChI=1S/C14H17Cl2N3O2/c1-8(10-3-4-11(15)12(16)7-10)18-9(2)13(20)19-6-5-17-14(19)21/h3-4,7-9,18H,5-6H2,1-2H3,(H,17,21). The number of carbonyl (C=O) groups excluding carboxylic acids is 2. The van der Waals surface area contributed by atoms with Gasteiger partial charge in [-0.25, -0.2) is 4.79 Å². The van der Waals surface area contributed by atoms with Gasteiger partial charge >= 0.3 is 6.03 Å². The molecule has 0 aromatic heterocycles. The maximum atomic E-state index is 12.2. The molecule has 1 saturated heterocycles. The number of carbonyl (C=O) groups is 2. The smallest absolute Gasteiger partial charge is 0.324 e. The van der Waals surface area contributed by atoms with Crippen molar-refractivity contribution in [2.45, 2.75) is 25.9 Å². The Hall–Kier alpha value is -1.30. The third-order valence-corrected chi connectivity index (χ3v) is 4.18. The van der Waals surface area contributed by atoms with E-state index in [-0.39, 0.29) is 18.0 Å². The molecule has 0 saturated carbocycles. The molecule has 0 aliphatic carbocycles. The summed E-state index contributed by atoms with van der Waals surface area (Å²) in [6.07, 6.45) is 0. The number of hydrogen-bond donors (Lipinski definition) is 2. The van der Waals surface area contributed by atoms with Crippen molar-refractivity contribution in [1.82, 2.24) is 15.5 Å². The fourth-order valence-electron chi connectivity index (χ4n) is 2.24. The molecule has 3 amide bonds. The molecular weight excluding hydrogens is 313 g/mol. The van der Waals surface area contributed by atoms with Crippen LogP contribution in [0.5, 0.6) is 0 Å². The molecule has 0 bridgehead atoms. The summed E-state index contributed by atoms with van der Waals surface area (Å²) >= 11 is 11.9. The molecule has 0 radical (unpaired) electrons. The minimum atomic E-state index is -0.474. The van der Waals surface area contributed by atoms with E-state index in [0.29, 0.717) is 23.1 Å². The van der Waals surface area contributed by atoms with E-state index in [1.165, 1.54) is 4.90 Å². The van der Waals surface area contributed by atoms with Crippen LogP contribution in [-0.2, 0) is 4.79 Å². The molecule has 114 valence electrons. The Morgan fingerprint density at radius 3 is 2.62 bits per heavy atom. The number of nitrogens with zero attached hydrogens (tertiary/aromatic N) is 1. The van der Waals surface area contributed by atoms with E-state index in [2.05, 4.69) is 10.6 Å². The van der Waals surface area contributed by atoms with Gasteiger partial charge in [0.05, 0.1) is 16.1 Å². The van der Waals surface area contributed by atoms with Crippen molar-refractivity contribution in [1.29, 1.82) is 0 Å². The van der Waals surface area contributed by atoms with Gasteiger partial charge < -0.3 is 5.32 Å². The van der Waals surface area contributed by atoms with Crippen molar-refractivity contribution in [2.75, 3.05) is 13.1 Å². The Bertz CT molecular complexity index is 565. The van der Waals surface area contributed by atoms with Gasteiger partial charge in [0.1, 0.15) is 0 Å². The number of rotatable bonds is 4. The Morgan fingerprint density at radius 2 is 2.05 bits per heavy atom. The number of halogens is 2. The quantitative estimate of drug-likeness (QED) is 0.892. The van der Waals surface area contributed by atoms with Crippen LogP contribution < -0.4 is 10.6 Å². The lowest BCUT2D eigenvalue weighted by atomic mass is 10.1. The molecule has 7 heteroatoms. The first kappa shape index (κ1) is 16.1. The molecule has 1 aliphatic rings. The summed E-state index contributed by atoms with van der Waals surface area (Å²) < 4.78 is 0. The lowest BCUT2D eigenvalue weighted by molar-refractivity contribution is -0.129. The van der Waals surface area contributed by atoms with Crippen LogP contribution in [0.3, 0.4) is 0 Å². The van der Waals surface area contributed by atoms with Crippen LogP contribution in [0.1, 0.15) is 25.5 Å². The van der Waals surface area contributed by atoms with Crippen LogP contribution in [-0.4, -0.2) is 36.0 Å². The molecular formula is C14H17Cl2N3O2. The molecule has 1 aromatic rings. The van der Waals surface area contributed by atoms with Crippen LogP contribution in [0.2, 0.25) is 10.0 Å². The van der Waals surface area contributed by atoms with Gasteiger partial charge in [-0.3, -0.25) is 15.0 Å². The number of imide groups is 1.